The largest absolute Gasteiger partial charge is 0.508 e. The number of rotatable bonds is 3. The highest BCUT2D eigenvalue weighted by atomic mass is 32.2. The molecule has 0 saturated carbocycles. The van der Waals surface area contributed by atoms with Crippen LogP contribution >= 0.6 is 0 Å². The summed E-state index contributed by atoms with van der Waals surface area (Å²) in [5.74, 6) is -2.08. The Kier molecular flexibility index (Phi) is 3.87. The van der Waals surface area contributed by atoms with Gasteiger partial charge in [0.1, 0.15) is 5.82 Å². The van der Waals surface area contributed by atoms with Gasteiger partial charge in [-0.3, -0.25) is 4.79 Å². The second-order valence-electron chi connectivity index (χ2n) is 2.96. The third kappa shape index (κ3) is 3.52. The molecule has 0 fully saturated rings. The van der Waals surface area contributed by atoms with Crippen LogP contribution in [0.3, 0.4) is 0 Å². The van der Waals surface area contributed by atoms with E-state index < -0.39 is 39.5 Å². The zero-order valence-electron chi connectivity index (χ0n) is 8.38. The highest BCUT2D eigenvalue weighted by Crippen LogP contribution is 2.26. The third-order valence-electron chi connectivity index (χ3n) is 1.68. The molecule has 0 saturated heterocycles. The van der Waals surface area contributed by atoms with E-state index in [-0.39, 0.29) is 0 Å². The Labute approximate surface area is 96.0 Å². The number of hydrogen-bond donors (Lipinski definition) is 0. The topological polar surface area (TPSA) is 43.4 Å². The van der Waals surface area contributed by atoms with Crippen molar-refractivity contribution >= 4 is 16.9 Å². The molecule has 0 aliphatic carbocycles. The van der Waals surface area contributed by atoms with Crippen LogP contribution in [0.15, 0.2) is 18.2 Å². The van der Waals surface area contributed by atoms with Crippen molar-refractivity contribution in [2.75, 3.05) is 0 Å². The lowest BCUT2D eigenvalue weighted by atomic mass is 10.1. The molecule has 0 radical (unpaired) electrons. The van der Waals surface area contributed by atoms with Gasteiger partial charge in [-0.1, -0.05) is 0 Å². The second-order valence-corrected chi connectivity index (χ2v) is 4.06. The van der Waals surface area contributed by atoms with Crippen molar-refractivity contribution in [1.82, 2.24) is 0 Å². The molecule has 0 bridgehead atoms. The molecule has 94 valence electrons. The molecule has 0 aromatic heterocycles. The lowest BCUT2D eigenvalue weighted by molar-refractivity contribution is -0.0437. The summed E-state index contributed by atoms with van der Waals surface area (Å²) in [7, 11) is 0. The van der Waals surface area contributed by atoms with E-state index in [2.05, 4.69) is 4.18 Å². The number of carbonyl (C=O) groups excluding carboxylic acids is 1. The Morgan fingerprint density at radius 3 is 2.41 bits per heavy atom. The zero-order chi connectivity index (χ0) is 13.2. The van der Waals surface area contributed by atoms with E-state index in [0.717, 1.165) is 19.1 Å². The van der Waals surface area contributed by atoms with Gasteiger partial charge < -0.3 is 4.18 Å². The normalized spacial score (nSPS) is 13.2. The van der Waals surface area contributed by atoms with E-state index in [4.69, 9.17) is 0 Å². The van der Waals surface area contributed by atoms with Crippen LogP contribution in [0.2, 0.25) is 0 Å². The van der Waals surface area contributed by atoms with Crippen LogP contribution in [0.1, 0.15) is 17.3 Å². The standard InChI is InChI=1S/C9H6F4O3S/c1-5(14)7-4-6(10)2-3-8(7)16-17(15)9(11,12)13/h2-4H,1H3. The summed E-state index contributed by atoms with van der Waals surface area (Å²) in [4.78, 5) is 11.0. The molecule has 1 aromatic carbocycles. The van der Waals surface area contributed by atoms with Crippen LogP contribution < -0.4 is 4.18 Å². The van der Waals surface area contributed by atoms with E-state index in [9.17, 15) is 26.6 Å². The first kappa shape index (κ1) is 13.6. The monoisotopic (exact) mass is 270 g/mol. The minimum Gasteiger partial charge on any atom is -0.393 e. The Hall–Kier alpha value is -1.44. The molecule has 0 aliphatic rings. The van der Waals surface area contributed by atoms with E-state index >= 15 is 0 Å². The Balaban J connectivity index is 3.07. The van der Waals surface area contributed by atoms with Crippen LogP contribution in [-0.4, -0.2) is 15.5 Å². The van der Waals surface area contributed by atoms with E-state index in [1.54, 1.807) is 0 Å². The van der Waals surface area contributed by atoms with Crippen LogP contribution in [0.25, 0.3) is 0 Å². The molecule has 8 heteroatoms. The molecule has 1 atom stereocenters. The minimum atomic E-state index is -5.07. The number of benzene rings is 1. The molecule has 1 unspecified atom stereocenters. The smallest absolute Gasteiger partial charge is 0.393 e. The first-order valence-electron chi connectivity index (χ1n) is 4.19. The van der Waals surface area contributed by atoms with Gasteiger partial charge >= 0.3 is 16.6 Å². The van der Waals surface area contributed by atoms with Crippen molar-refractivity contribution in [1.29, 1.82) is 0 Å². The van der Waals surface area contributed by atoms with Gasteiger partial charge in [0.2, 0.25) is 0 Å². The van der Waals surface area contributed by atoms with Gasteiger partial charge in [-0.25, -0.2) is 8.60 Å². The molecular formula is C9H6F4O3S. The minimum absolute atomic E-state index is 0.400. The molecule has 17 heavy (non-hydrogen) atoms. The lowest BCUT2D eigenvalue weighted by Gasteiger charge is -2.09. The van der Waals surface area contributed by atoms with Crippen molar-refractivity contribution in [3.8, 4) is 5.75 Å². The molecule has 3 nitrogen and oxygen atoms in total. The summed E-state index contributed by atoms with van der Waals surface area (Å²) >= 11 is -3.60. The maximum Gasteiger partial charge on any atom is 0.508 e. The van der Waals surface area contributed by atoms with E-state index in [1.807, 2.05) is 0 Å². The fourth-order valence-electron chi connectivity index (χ4n) is 0.979. The lowest BCUT2D eigenvalue weighted by Crippen LogP contribution is -2.21. The molecule has 1 rings (SSSR count). The summed E-state index contributed by atoms with van der Waals surface area (Å²) in [5.41, 5.74) is -5.47. The summed E-state index contributed by atoms with van der Waals surface area (Å²) in [5, 5.41) is 0. The average molecular weight is 270 g/mol. The fraction of sp³-hybridized carbons (Fsp3) is 0.222. The van der Waals surface area contributed by atoms with Gasteiger partial charge in [-0.05, 0) is 25.1 Å². The number of ketones is 1. The van der Waals surface area contributed by atoms with E-state index in [1.165, 1.54) is 0 Å². The van der Waals surface area contributed by atoms with Gasteiger partial charge in [0, 0.05) is 0 Å². The predicted molar refractivity (Wildman–Crippen MR) is 51.2 cm³/mol. The maximum absolute atomic E-state index is 12.8. The molecule has 0 N–H and O–H groups in total. The molecule has 0 amide bonds. The first-order valence-corrected chi connectivity index (χ1v) is 5.26. The number of halogens is 4. The summed E-state index contributed by atoms with van der Waals surface area (Å²) in [6, 6.07) is 2.33. The molecule has 0 spiro atoms. The van der Waals surface area contributed by atoms with Gasteiger partial charge in [0.05, 0.1) is 5.56 Å². The van der Waals surface area contributed by atoms with Gasteiger partial charge in [-0.2, -0.15) is 13.2 Å². The van der Waals surface area contributed by atoms with Crippen LogP contribution in [0, 0.1) is 5.82 Å². The van der Waals surface area contributed by atoms with E-state index in [0.29, 0.717) is 6.07 Å². The number of carbonyl (C=O) groups is 1. The molecular weight excluding hydrogens is 264 g/mol. The first-order chi connectivity index (χ1) is 7.71. The highest BCUT2D eigenvalue weighted by molar-refractivity contribution is 7.81. The fourth-order valence-corrected chi connectivity index (χ4v) is 1.38. The Morgan fingerprint density at radius 2 is 1.94 bits per heavy atom. The maximum atomic E-state index is 12.8. The quantitative estimate of drug-likeness (QED) is 0.626. The number of hydrogen-bond acceptors (Lipinski definition) is 3. The van der Waals surface area contributed by atoms with Crippen LogP contribution in [-0.2, 0) is 11.1 Å². The Morgan fingerprint density at radius 1 is 1.35 bits per heavy atom. The second kappa shape index (κ2) is 4.82. The number of alkyl halides is 3. The van der Waals surface area contributed by atoms with Crippen molar-refractivity contribution in [3.05, 3.63) is 29.6 Å². The van der Waals surface area contributed by atoms with Crippen molar-refractivity contribution in [2.24, 2.45) is 0 Å². The van der Waals surface area contributed by atoms with Crippen molar-refractivity contribution < 1.29 is 30.7 Å². The van der Waals surface area contributed by atoms with Gasteiger partial charge in [0.15, 0.2) is 11.5 Å². The molecule has 0 aliphatic heterocycles. The average Bonchev–Trinajstić information content (AvgIpc) is 2.18. The van der Waals surface area contributed by atoms with Crippen molar-refractivity contribution in [2.45, 2.75) is 12.4 Å². The van der Waals surface area contributed by atoms with Crippen LogP contribution in [0.4, 0.5) is 17.6 Å². The zero-order valence-corrected chi connectivity index (χ0v) is 9.19. The van der Waals surface area contributed by atoms with Gasteiger partial charge in [-0.15, -0.1) is 0 Å². The summed E-state index contributed by atoms with van der Waals surface area (Å²) < 4.78 is 63.4. The van der Waals surface area contributed by atoms with Crippen molar-refractivity contribution in [3.63, 3.8) is 0 Å². The SMILES string of the molecule is CC(=O)c1cc(F)ccc1OS(=O)C(F)(F)F. The third-order valence-corrected chi connectivity index (χ3v) is 2.38. The van der Waals surface area contributed by atoms with Gasteiger partial charge in [0.25, 0.3) is 0 Å². The highest BCUT2D eigenvalue weighted by Gasteiger charge is 2.40. The summed E-state index contributed by atoms with van der Waals surface area (Å²) in [6.45, 7) is 1.03. The Bertz CT molecular complexity index is 470. The van der Waals surface area contributed by atoms with Crippen LogP contribution in [0.5, 0.6) is 5.75 Å². The summed E-state index contributed by atoms with van der Waals surface area (Å²) in [6.07, 6.45) is 0. The number of Topliss-reactive ketones (excluding diaryl/α,β-unsaturated/α-hetero) is 1. The molecule has 0 heterocycles. The molecule has 1 aromatic rings. The predicted octanol–water partition coefficient (Wildman–Crippen LogP) is 2.59.